The van der Waals surface area contributed by atoms with Gasteiger partial charge in [0.15, 0.2) is 0 Å². The fraction of sp³-hybridized carbons (Fsp3) is 0. The molecule has 0 radical (unpaired) electrons. The number of fused-ring (bicyclic) bond motifs is 1. The Morgan fingerprint density at radius 2 is 2.21 bits per heavy atom. The van der Waals surface area contributed by atoms with Crippen LogP contribution in [0.5, 0.6) is 0 Å². The van der Waals surface area contributed by atoms with E-state index < -0.39 is 5.91 Å². The van der Waals surface area contributed by atoms with E-state index in [4.69, 9.17) is 21.8 Å². The summed E-state index contributed by atoms with van der Waals surface area (Å²) in [7, 11) is 0. The Kier molecular flexibility index (Phi) is 2.25. The summed E-state index contributed by atoms with van der Waals surface area (Å²) < 4.78 is 6.00. The predicted octanol–water partition coefficient (Wildman–Crippen LogP) is 2.95. The van der Waals surface area contributed by atoms with E-state index in [1.165, 1.54) is 0 Å². The number of amides is 1. The Hall–Kier alpha value is -1.000. The zero-order valence-electron chi connectivity index (χ0n) is 6.88. The third-order valence-corrected chi connectivity index (χ3v) is 2.61. The van der Waals surface area contributed by atoms with Crippen LogP contribution >= 0.6 is 27.5 Å². The molecule has 2 N–H and O–H groups in total. The van der Waals surface area contributed by atoms with E-state index in [0.717, 1.165) is 4.47 Å². The van der Waals surface area contributed by atoms with E-state index >= 15 is 0 Å². The van der Waals surface area contributed by atoms with Crippen molar-refractivity contribution in [2.45, 2.75) is 0 Å². The van der Waals surface area contributed by atoms with Crippen LogP contribution in [0.4, 0.5) is 0 Å². The number of carbonyl (C=O) groups excluding carboxylic acids is 1. The molecule has 0 saturated carbocycles. The molecule has 5 heteroatoms. The number of carbonyl (C=O) groups is 1. The van der Waals surface area contributed by atoms with Gasteiger partial charge in [-0.05, 0) is 29.8 Å². The van der Waals surface area contributed by atoms with Gasteiger partial charge in [0, 0.05) is 9.86 Å². The SMILES string of the molecule is NC(=O)c1c(Cl)oc2ccc(Br)cc12. The van der Waals surface area contributed by atoms with Crippen molar-refractivity contribution in [3.05, 3.63) is 33.5 Å². The molecule has 0 unspecified atom stereocenters. The monoisotopic (exact) mass is 273 g/mol. The molecular weight excluding hydrogens is 269 g/mol. The summed E-state index contributed by atoms with van der Waals surface area (Å²) in [5.74, 6) is -0.591. The molecule has 0 spiro atoms. The number of halogens is 2. The molecule has 0 aliphatic heterocycles. The van der Waals surface area contributed by atoms with Crippen LogP contribution in [-0.4, -0.2) is 5.91 Å². The van der Waals surface area contributed by atoms with Gasteiger partial charge in [0.25, 0.3) is 5.91 Å². The van der Waals surface area contributed by atoms with Gasteiger partial charge in [-0.15, -0.1) is 0 Å². The lowest BCUT2D eigenvalue weighted by molar-refractivity contribution is 0.100. The molecule has 0 aliphatic rings. The molecule has 0 atom stereocenters. The average molecular weight is 275 g/mol. The Morgan fingerprint density at radius 3 is 2.86 bits per heavy atom. The van der Waals surface area contributed by atoms with Gasteiger partial charge in [0.05, 0.1) is 0 Å². The number of rotatable bonds is 1. The minimum atomic E-state index is -0.591. The quantitative estimate of drug-likeness (QED) is 0.869. The third-order valence-electron chi connectivity index (χ3n) is 1.85. The summed E-state index contributed by atoms with van der Waals surface area (Å²) >= 11 is 9.02. The van der Waals surface area contributed by atoms with Crippen molar-refractivity contribution < 1.29 is 9.21 Å². The lowest BCUT2D eigenvalue weighted by Crippen LogP contribution is -2.10. The molecule has 14 heavy (non-hydrogen) atoms. The van der Waals surface area contributed by atoms with E-state index in [1.807, 2.05) is 0 Å². The van der Waals surface area contributed by atoms with E-state index in [0.29, 0.717) is 11.0 Å². The molecule has 1 aromatic carbocycles. The van der Waals surface area contributed by atoms with Crippen molar-refractivity contribution >= 4 is 44.4 Å². The maximum atomic E-state index is 11.1. The van der Waals surface area contributed by atoms with Gasteiger partial charge in [-0.3, -0.25) is 4.79 Å². The van der Waals surface area contributed by atoms with E-state index in [9.17, 15) is 4.79 Å². The predicted molar refractivity (Wildman–Crippen MR) is 57.4 cm³/mol. The minimum absolute atomic E-state index is 0.0330. The molecule has 1 heterocycles. The first kappa shape index (κ1) is 9.55. The van der Waals surface area contributed by atoms with Crippen molar-refractivity contribution in [3.8, 4) is 0 Å². The molecule has 3 nitrogen and oxygen atoms in total. The average Bonchev–Trinajstić information content (AvgIpc) is 2.40. The summed E-state index contributed by atoms with van der Waals surface area (Å²) in [6.07, 6.45) is 0. The number of hydrogen-bond donors (Lipinski definition) is 1. The topological polar surface area (TPSA) is 56.2 Å². The van der Waals surface area contributed by atoms with Gasteiger partial charge in [0.2, 0.25) is 5.22 Å². The summed E-state index contributed by atoms with van der Waals surface area (Å²) in [5, 5.41) is 0.655. The van der Waals surface area contributed by atoms with Crippen LogP contribution in [0, 0.1) is 0 Å². The van der Waals surface area contributed by atoms with Gasteiger partial charge in [-0.25, -0.2) is 0 Å². The molecule has 2 rings (SSSR count). The first-order chi connectivity index (χ1) is 6.59. The van der Waals surface area contributed by atoms with Crippen LogP contribution in [0.2, 0.25) is 5.22 Å². The molecule has 2 aromatic rings. The number of furan rings is 1. The van der Waals surface area contributed by atoms with Gasteiger partial charge in [-0.2, -0.15) is 0 Å². The normalized spacial score (nSPS) is 10.7. The van der Waals surface area contributed by atoms with E-state index in [1.54, 1.807) is 18.2 Å². The van der Waals surface area contributed by atoms with Crippen LogP contribution in [0.25, 0.3) is 11.0 Å². The second kappa shape index (κ2) is 3.29. The standard InChI is InChI=1S/C9H5BrClNO2/c10-4-1-2-6-5(3-4)7(9(12)13)8(11)14-6/h1-3H,(H2,12,13). The fourth-order valence-corrected chi connectivity index (χ4v) is 1.91. The molecular formula is C9H5BrClNO2. The summed E-state index contributed by atoms with van der Waals surface area (Å²) in [6.45, 7) is 0. The Labute approximate surface area is 92.9 Å². The molecule has 1 amide bonds. The summed E-state index contributed by atoms with van der Waals surface area (Å²) in [5.41, 5.74) is 5.95. The highest BCUT2D eigenvalue weighted by molar-refractivity contribution is 9.10. The lowest BCUT2D eigenvalue weighted by Gasteiger charge is -1.92. The van der Waals surface area contributed by atoms with Crippen molar-refractivity contribution in [1.29, 1.82) is 0 Å². The Balaban J connectivity index is 2.86. The molecule has 0 bridgehead atoms. The van der Waals surface area contributed by atoms with Crippen molar-refractivity contribution in [2.24, 2.45) is 5.73 Å². The number of primary amides is 1. The smallest absolute Gasteiger partial charge is 0.254 e. The Bertz CT molecular complexity index is 521. The molecule has 1 aromatic heterocycles. The minimum Gasteiger partial charge on any atom is -0.444 e. The highest BCUT2D eigenvalue weighted by Gasteiger charge is 2.16. The van der Waals surface area contributed by atoms with Crippen molar-refractivity contribution in [3.63, 3.8) is 0 Å². The zero-order chi connectivity index (χ0) is 10.3. The number of benzene rings is 1. The largest absolute Gasteiger partial charge is 0.444 e. The number of nitrogens with two attached hydrogens (primary N) is 1. The first-order valence-electron chi connectivity index (χ1n) is 3.77. The van der Waals surface area contributed by atoms with Crippen LogP contribution in [0.3, 0.4) is 0 Å². The maximum Gasteiger partial charge on any atom is 0.254 e. The lowest BCUT2D eigenvalue weighted by atomic mass is 10.2. The van der Waals surface area contributed by atoms with Crippen molar-refractivity contribution in [1.82, 2.24) is 0 Å². The van der Waals surface area contributed by atoms with Gasteiger partial charge >= 0.3 is 0 Å². The Morgan fingerprint density at radius 1 is 1.50 bits per heavy atom. The highest BCUT2D eigenvalue weighted by atomic mass is 79.9. The highest BCUT2D eigenvalue weighted by Crippen LogP contribution is 2.31. The fourth-order valence-electron chi connectivity index (χ4n) is 1.27. The van der Waals surface area contributed by atoms with Crippen LogP contribution < -0.4 is 5.73 Å². The van der Waals surface area contributed by atoms with Gasteiger partial charge in [-0.1, -0.05) is 15.9 Å². The molecule has 0 aliphatic carbocycles. The van der Waals surface area contributed by atoms with E-state index in [2.05, 4.69) is 15.9 Å². The molecule has 0 saturated heterocycles. The first-order valence-corrected chi connectivity index (χ1v) is 4.94. The summed E-state index contributed by atoms with van der Waals surface area (Å²) in [4.78, 5) is 11.1. The second-order valence-corrected chi connectivity index (χ2v) is 4.01. The van der Waals surface area contributed by atoms with Crippen LogP contribution in [0.1, 0.15) is 10.4 Å². The zero-order valence-corrected chi connectivity index (χ0v) is 9.22. The number of hydrogen-bond acceptors (Lipinski definition) is 2. The second-order valence-electron chi connectivity index (χ2n) is 2.76. The van der Waals surface area contributed by atoms with E-state index in [-0.39, 0.29) is 10.8 Å². The van der Waals surface area contributed by atoms with Crippen LogP contribution in [0.15, 0.2) is 27.1 Å². The third kappa shape index (κ3) is 1.40. The van der Waals surface area contributed by atoms with Crippen LogP contribution in [-0.2, 0) is 0 Å². The maximum absolute atomic E-state index is 11.1. The van der Waals surface area contributed by atoms with Gasteiger partial charge < -0.3 is 10.2 Å². The van der Waals surface area contributed by atoms with Crippen molar-refractivity contribution in [2.75, 3.05) is 0 Å². The molecule has 72 valence electrons. The summed E-state index contributed by atoms with van der Waals surface area (Å²) in [6, 6.07) is 5.26. The van der Waals surface area contributed by atoms with Gasteiger partial charge in [0.1, 0.15) is 11.1 Å². The molecule has 0 fully saturated rings.